The quantitative estimate of drug-likeness (QED) is 0.148. The third-order valence-corrected chi connectivity index (χ3v) is 7.49. The number of carbonyl (C=O) groups is 2. The first kappa shape index (κ1) is 30.7. The molecule has 8 nitrogen and oxygen atoms in total. The summed E-state index contributed by atoms with van der Waals surface area (Å²) in [5.74, 6) is 0.111. The van der Waals surface area contributed by atoms with Crippen LogP contribution in [0.4, 0.5) is 0 Å². The van der Waals surface area contributed by atoms with Crippen molar-refractivity contribution in [1.82, 2.24) is 9.80 Å². The van der Waals surface area contributed by atoms with Crippen molar-refractivity contribution in [3.63, 3.8) is 0 Å². The smallest absolute Gasteiger partial charge is 0.295 e. The van der Waals surface area contributed by atoms with Crippen LogP contribution in [0.25, 0.3) is 5.76 Å². The molecule has 0 bridgehead atoms. The Bertz CT molecular complexity index is 1380. The molecule has 0 radical (unpaired) electrons. The number of aliphatic hydroxyl groups is 1. The monoisotopic (exact) mass is 572 g/mol. The molecule has 1 atom stereocenters. The number of ether oxygens (including phenoxy) is 3. The van der Waals surface area contributed by atoms with Crippen LogP contribution < -0.4 is 14.2 Å². The lowest BCUT2D eigenvalue weighted by molar-refractivity contribution is -0.140. The second-order valence-corrected chi connectivity index (χ2v) is 10.0. The number of amides is 1. The fraction of sp³-hybridized carbons (Fsp3) is 0.353. The van der Waals surface area contributed by atoms with Crippen molar-refractivity contribution in [2.24, 2.45) is 0 Å². The van der Waals surface area contributed by atoms with Gasteiger partial charge < -0.3 is 29.1 Å². The molecule has 1 heterocycles. The third-order valence-electron chi connectivity index (χ3n) is 7.49. The lowest BCUT2D eigenvalue weighted by Gasteiger charge is -2.27. The first-order valence-corrected chi connectivity index (χ1v) is 14.5. The first-order valence-electron chi connectivity index (χ1n) is 14.5. The number of hydrogen-bond acceptors (Lipinski definition) is 7. The van der Waals surface area contributed by atoms with Crippen molar-refractivity contribution in [1.29, 1.82) is 0 Å². The largest absolute Gasteiger partial charge is 0.507 e. The van der Waals surface area contributed by atoms with Gasteiger partial charge in [0.1, 0.15) is 18.1 Å². The number of carbonyl (C=O) groups excluding carboxylic acids is 2. The second kappa shape index (κ2) is 14.5. The number of methoxy groups -OCH3 is 1. The van der Waals surface area contributed by atoms with Gasteiger partial charge in [-0.15, -0.1) is 0 Å². The Hall–Kier alpha value is -4.30. The average Bonchev–Trinajstić information content (AvgIpc) is 3.28. The van der Waals surface area contributed by atoms with E-state index < -0.39 is 17.7 Å². The zero-order valence-electron chi connectivity index (χ0n) is 24.8. The Morgan fingerprint density at radius 3 is 2.26 bits per heavy atom. The van der Waals surface area contributed by atoms with Crippen LogP contribution in [0.2, 0.25) is 0 Å². The lowest BCUT2D eigenvalue weighted by Crippen LogP contribution is -2.33. The molecule has 1 N–H and O–H groups in total. The zero-order chi connectivity index (χ0) is 30.1. The van der Waals surface area contributed by atoms with Crippen molar-refractivity contribution in [2.75, 3.05) is 39.9 Å². The van der Waals surface area contributed by atoms with Crippen LogP contribution in [0.15, 0.2) is 78.4 Å². The van der Waals surface area contributed by atoms with Crippen LogP contribution in [-0.4, -0.2) is 66.5 Å². The van der Waals surface area contributed by atoms with E-state index >= 15 is 0 Å². The average molecular weight is 573 g/mol. The number of hydrogen-bond donors (Lipinski definition) is 1. The molecule has 1 amide bonds. The summed E-state index contributed by atoms with van der Waals surface area (Å²) in [6.07, 6.45) is 0.685. The molecule has 1 aliphatic rings. The summed E-state index contributed by atoms with van der Waals surface area (Å²) in [7, 11) is 1.56. The molecule has 1 aliphatic heterocycles. The maximum Gasteiger partial charge on any atom is 0.295 e. The molecule has 0 aromatic heterocycles. The van der Waals surface area contributed by atoms with E-state index in [1.54, 1.807) is 48.4 Å². The highest BCUT2D eigenvalue weighted by Crippen LogP contribution is 2.42. The lowest BCUT2D eigenvalue weighted by atomic mass is 9.95. The second-order valence-electron chi connectivity index (χ2n) is 10.0. The van der Waals surface area contributed by atoms with Gasteiger partial charge in [0.05, 0.1) is 25.3 Å². The number of ketones is 1. The minimum atomic E-state index is -0.786. The van der Waals surface area contributed by atoms with Crippen molar-refractivity contribution in [3.05, 3.63) is 95.1 Å². The van der Waals surface area contributed by atoms with E-state index in [4.69, 9.17) is 14.2 Å². The fourth-order valence-corrected chi connectivity index (χ4v) is 5.18. The van der Waals surface area contributed by atoms with Gasteiger partial charge in [0.15, 0.2) is 11.5 Å². The van der Waals surface area contributed by atoms with Crippen LogP contribution in [0.1, 0.15) is 49.9 Å². The highest BCUT2D eigenvalue weighted by atomic mass is 16.5. The Morgan fingerprint density at radius 2 is 1.62 bits per heavy atom. The zero-order valence-corrected chi connectivity index (χ0v) is 24.8. The Balaban J connectivity index is 1.74. The molecule has 0 saturated carbocycles. The summed E-state index contributed by atoms with van der Waals surface area (Å²) in [6, 6.07) is 21.2. The van der Waals surface area contributed by atoms with E-state index in [-0.39, 0.29) is 11.3 Å². The summed E-state index contributed by atoms with van der Waals surface area (Å²) in [5, 5.41) is 11.4. The molecule has 42 heavy (non-hydrogen) atoms. The van der Waals surface area contributed by atoms with E-state index in [0.29, 0.717) is 54.6 Å². The summed E-state index contributed by atoms with van der Waals surface area (Å²) in [5.41, 5.74) is 2.15. The number of likely N-dealkylation sites (tertiary alicyclic amines) is 1. The van der Waals surface area contributed by atoms with Gasteiger partial charge in [-0.1, -0.05) is 50.2 Å². The molecule has 3 aromatic rings. The van der Waals surface area contributed by atoms with E-state index in [1.165, 1.54) is 0 Å². The molecule has 1 fully saturated rings. The van der Waals surface area contributed by atoms with Crippen molar-refractivity contribution < 1.29 is 28.9 Å². The minimum absolute atomic E-state index is 0.0495. The van der Waals surface area contributed by atoms with Crippen LogP contribution >= 0.6 is 0 Å². The number of rotatable bonds is 14. The summed E-state index contributed by atoms with van der Waals surface area (Å²) in [4.78, 5) is 30.8. The predicted molar refractivity (Wildman–Crippen MR) is 163 cm³/mol. The Kier molecular flexibility index (Phi) is 10.6. The van der Waals surface area contributed by atoms with Gasteiger partial charge in [0.2, 0.25) is 0 Å². The van der Waals surface area contributed by atoms with Crippen LogP contribution in [0.5, 0.6) is 17.2 Å². The summed E-state index contributed by atoms with van der Waals surface area (Å²) in [6.45, 7) is 9.80. The first-order chi connectivity index (χ1) is 20.4. The van der Waals surface area contributed by atoms with E-state index in [1.807, 2.05) is 43.3 Å². The van der Waals surface area contributed by atoms with E-state index in [2.05, 4.69) is 18.7 Å². The van der Waals surface area contributed by atoms with Crippen LogP contribution in [0, 0.1) is 0 Å². The van der Waals surface area contributed by atoms with Gasteiger partial charge in [-0.05, 0) is 80.5 Å². The van der Waals surface area contributed by atoms with E-state index in [0.717, 1.165) is 25.2 Å². The number of nitrogens with zero attached hydrogens (tertiary/aromatic N) is 2. The fourth-order valence-electron chi connectivity index (χ4n) is 5.18. The normalized spacial score (nSPS) is 16.2. The standard InChI is InChI=1S/C34H40N2O6/c1-5-35(6-2)20-11-21-36-31(30(33(38)34(36)39)32(37)25-14-17-27(40-4)18-15-25)26-16-19-28(29(22-26)41-7-3)42-23-24-12-9-8-10-13-24/h8-10,12-19,22,31,37H,5-7,11,20-21,23H2,1-4H3/b32-30+. The van der Waals surface area contributed by atoms with Gasteiger partial charge in [0, 0.05) is 12.1 Å². The molecule has 1 saturated heterocycles. The maximum absolute atomic E-state index is 13.5. The van der Waals surface area contributed by atoms with Crippen molar-refractivity contribution >= 4 is 17.4 Å². The molecule has 1 unspecified atom stereocenters. The number of Topliss-reactive ketones (excluding diaryl/α,β-unsaturated/α-hetero) is 1. The van der Waals surface area contributed by atoms with Crippen LogP contribution in [-0.2, 0) is 16.2 Å². The van der Waals surface area contributed by atoms with Crippen molar-refractivity contribution in [2.45, 2.75) is 39.8 Å². The number of benzene rings is 3. The highest BCUT2D eigenvalue weighted by molar-refractivity contribution is 6.46. The van der Waals surface area contributed by atoms with Crippen LogP contribution in [0.3, 0.4) is 0 Å². The molecule has 3 aromatic carbocycles. The molecular weight excluding hydrogens is 532 g/mol. The molecular formula is C34H40N2O6. The topological polar surface area (TPSA) is 88.5 Å². The molecule has 222 valence electrons. The molecule has 8 heteroatoms. The van der Waals surface area contributed by atoms with Gasteiger partial charge in [-0.25, -0.2) is 0 Å². The molecule has 0 spiro atoms. The van der Waals surface area contributed by atoms with Gasteiger partial charge in [-0.3, -0.25) is 9.59 Å². The summed E-state index contributed by atoms with van der Waals surface area (Å²) >= 11 is 0. The Labute approximate surface area is 248 Å². The molecule has 0 aliphatic carbocycles. The van der Waals surface area contributed by atoms with Gasteiger partial charge in [0.25, 0.3) is 11.7 Å². The van der Waals surface area contributed by atoms with Gasteiger partial charge in [-0.2, -0.15) is 0 Å². The SMILES string of the molecule is CCOc1cc(C2/C(=C(\O)c3ccc(OC)cc3)C(=O)C(=O)N2CCCN(CC)CC)ccc1OCc1ccccc1. The predicted octanol–water partition coefficient (Wildman–Crippen LogP) is 5.83. The molecule has 4 rings (SSSR count). The summed E-state index contributed by atoms with van der Waals surface area (Å²) < 4.78 is 17.3. The minimum Gasteiger partial charge on any atom is -0.507 e. The Morgan fingerprint density at radius 1 is 0.905 bits per heavy atom. The van der Waals surface area contributed by atoms with E-state index in [9.17, 15) is 14.7 Å². The van der Waals surface area contributed by atoms with Crippen molar-refractivity contribution in [3.8, 4) is 17.2 Å². The number of aliphatic hydroxyl groups excluding tert-OH is 1. The highest BCUT2D eigenvalue weighted by Gasteiger charge is 2.46. The maximum atomic E-state index is 13.5. The van der Waals surface area contributed by atoms with Gasteiger partial charge >= 0.3 is 0 Å². The third kappa shape index (κ3) is 6.94.